The molecule has 126 valence electrons. The van der Waals surface area contributed by atoms with Crippen molar-refractivity contribution in [2.24, 2.45) is 0 Å². The summed E-state index contributed by atoms with van der Waals surface area (Å²) in [5.74, 6) is -0.409. The molecule has 0 aromatic heterocycles. The maximum absolute atomic E-state index is 13.5. The van der Waals surface area contributed by atoms with E-state index in [2.05, 4.69) is 10.6 Å². The topological polar surface area (TPSA) is 67.4 Å². The monoisotopic (exact) mass is 330 g/mol. The largest absolute Gasteiger partial charge is 0.482 e. The van der Waals surface area contributed by atoms with Crippen LogP contribution in [0.4, 0.5) is 10.1 Å². The zero-order chi connectivity index (χ0) is 17.4. The van der Waals surface area contributed by atoms with Crippen molar-refractivity contribution in [2.45, 2.75) is 13.3 Å². The number of nitrogens with one attached hydrogen (secondary N) is 2. The fraction of sp³-hybridized carbons (Fsp3) is 0.222. The van der Waals surface area contributed by atoms with E-state index in [0.29, 0.717) is 30.0 Å². The average Bonchev–Trinajstić information content (AvgIpc) is 2.55. The molecule has 0 aliphatic carbocycles. The number of carbonyl (C=O) groups excluding carboxylic acids is 2. The summed E-state index contributed by atoms with van der Waals surface area (Å²) in [4.78, 5) is 22.9. The van der Waals surface area contributed by atoms with E-state index in [1.807, 2.05) is 0 Å². The van der Waals surface area contributed by atoms with Crippen molar-refractivity contribution < 1.29 is 18.7 Å². The van der Waals surface area contributed by atoms with Crippen molar-refractivity contribution in [3.05, 3.63) is 59.9 Å². The molecule has 6 heteroatoms. The van der Waals surface area contributed by atoms with Crippen molar-refractivity contribution in [1.29, 1.82) is 0 Å². The molecule has 24 heavy (non-hydrogen) atoms. The summed E-state index contributed by atoms with van der Waals surface area (Å²) in [6, 6.07) is 13.3. The molecule has 0 heterocycles. The minimum absolute atomic E-state index is 0.187. The van der Waals surface area contributed by atoms with Crippen molar-refractivity contribution in [2.75, 3.05) is 18.5 Å². The molecule has 0 fully saturated rings. The summed E-state index contributed by atoms with van der Waals surface area (Å²) in [5, 5.41) is 5.30. The van der Waals surface area contributed by atoms with Gasteiger partial charge in [0.05, 0.1) is 5.69 Å². The van der Waals surface area contributed by atoms with E-state index in [1.165, 1.54) is 13.0 Å². The molecule has 0 saturated heterocycles. The number of hydrogen-bond donors (Lipinski definition) is 2. The molecule has 2 N–H and O–H groups in total. The second kappa shape index (κ2) is 8.67. The predicted octanol–water partition coefficient (Wildman–Crippen LogP) is 2.52. The molecule has 0 aliphatic heterocycles. The van der Waals surface area contributed by atoms with E-state index in [1.54, 1.807) is 42.5 Å². The molecule has 0 radical (unpaired) electrons. The van der Waals surface area contributed by atoms with Crippen LogP contribution in [0.25, 0.3) is 0 Å². The number of carbonyl (C=O) groups is 2. The lowest BCUT2D eigenvalue weighted by atomic mass is 10.1. The lowest BCUT2D eigenvalue weighted by Gasteiger charge is -2.11. The quantitative estimate of drug-likeness (QED) is 0.820. The normalized spacial score (nSPS) is 10.1. The first-order chi connectivity index (χ1) is 11.6. The molecule has 0 aliphatic rings. The van der Waals surface area contributed by atoms with E-state index in [-0.39, 0.29) is 24.2 Å². The molecule has 5 nitrogen and oxygen atoms in total. The fourth-order valence-corrected chi connectivity index (χ4v) is 2.12. The Morgan fingerprint density at radius 2 is 1.79 bits per heavy atom. The lowest BCUT2D eigenvalue weighted by Crippen LogP contribution is -2.30. The number of anilines is 1. The number of para-hydroxylation sites is 2. The van der Waals surface area contributed by atoms with Gasteiger partial charge >= 0.3 is 0 Å². The van der Waals surface area contributed by atoms with Gasteiger partial charge in [-0.05, 0) is 30.2 Å². The van der Waals surface area contributed by atoms with Crippen molar-refractivity contribution in [3.8, 4) is 5.75 Å². The van der Waals surface area contributed by atoms with Crippen LogP contribution in [0.15, 0.2) is 48.5 Å². The number of rotatable bonds is 7. The fourth-order valence-electron chi connectivity index (χ4n) is 2.12. The van der Waals surface area contributed by atoms with Crippen LogP contribution < -0.4 is 15.4 Å². The summed E-state index contributed by atoms with van der Waals surface area (Å²) in [6.45, 7) is 1.52. The highest BCUT2D eigenvalue weighted by Gasteiger charge is 2.08. The molecule has 0 atom stereocenters. The van der Waals surface area contributed by atoms with Crippen molar-refractivity contribution in [1.82, 2.24) is 5.32 Å². The van der Waals surface area contributed by atoms with Crippen molar-refractivity contribution >= 4 is 17.5 Å². The van der Waals surface area contributed by atoms with Gasteiger partial charge in [-0.3, -0.25) is 9.59 Å². The molecule has 0 spiro atoms. The van der Waals surface area contributed by atoms with E-state index in [9.17, 15) is 14.0 Å². The smallest absolute Gasteiger partial charge is 0.257 e. The second-order valence-electron chi connectivity index (χ2n) is 5.16. The van der Waals surface area contributed by atoms with E-state index < -0.39 is 0 Å². The van der Waals surface area contributed by atoms with Gasteiger partial charge in [-0.15, -0.1) is 0 Å². The van der Waals surface area contributed by atoms with Crippen LogP contribution in [-0.4, -0.2) is 25.0 Å². The molecule has 2 rings (SSSR count). The van der Waals surface area contributed by atoms with Crippen molar-refractivity contribution in [3.63, 3.8) is 0 Å². The zero-order valence-corrected chi connectivity index (χ0v) is 13.3. The summed E-state index contributed by atoms with van der Waals surface area (Å²) < 4.78 is 18.9. The standard InChI is InChI=1S/C18H19FN2O3/c1-13(22)21-16-8-4-5-9-17(16)24-12-18(23)20-11-10-14-6-2-3-7-15(14)19/h2-9H,10-12H2,1H3,(H,20,23)(H,21,22). The number of benzene rings is 2. The minimum Gasteiger partial charge on any atom is -0.482 e. The Bertz CT molecular complexity index is 719. The van der Waals surface area contributed by atoms with Gasteiger partial charge in [0.25, 0.3) is 5.91 Å². The third-order valence-electron chi connectivity index (χ3n) is 3.23. The first-order valence-corrected chi connectivity index (χ1v) is 7.56. The highest BCUT2D eigenvalue weighted by Crippen LogP contribution is 2.23. The molecule has 2 aromatic rings. The number of hydrogen-bond acceptors (Lipinski definition) is 3. The van der Waals surface area contributed by atoms with Gasteiger partial charge in [-0.25, -0.2) is 4.39 Å². The molecule has 0 saturated carbocycles. The molecular weight excluding hydrogens is 311 g/mol. The lowest BCUT2D eigenvalue weighted by molar-refractivity contribution is -0.123. The van der Waals surface area contributed by atoms with Crippen LogP contribution in [0, 0.1) is 5.82 Å². The average molecular weight is 330 g/mol. The van der Waals surface area contributed by atoms with Gasteiger partial charge in [0.1, 0.15) is 11.6 Å². The molecule has 0 bridgehead atoms. The van der Waals surface area contributed by atoms with Crippen LogP contribution in [0.3, 0.4) is 0 Å². The Morgan fingerprint density at radius 1 is 1.08 bits per heavy atom. The second-order valence-corrected chi connectivity index (χ2v) is 5.16. The molecular formula is C18H19FN2O3. The number of ether oxygens (including phenoxy) is 1. The maximum Gasteiger partial charge on any atom is 0.257 e. The van der Waals surface area contributed by atoms with Crippen LogP contribution in [0.5, 0.6) is 5.75 Å². The zero-order valence-electron chi connectivity index (χ0n) is 13.3. The molecule has 0 unspecified atom stereocenters. The third-order valence-corrected chi connectivity index (χ3v) is 3.23. The van der Waals surface area contributed by atoms with E-state index in [4.69, 9.17) is 4.74 Å². The molecule has 2 amide bonds. The van der Waals surface area contributed by atoms with Crippen LogP contribution in [0.2, 0.25) is 0 Å². The highest BCUT2D eigenvalue weighted by molar-refractivity contribution is 5.90. The predicted molar refractivity (Wildman–Crippen MR) is 89.4 cm³/mol. The Labute approximate surface area is 139 Å². The summed E-state index contributed by atoms with van der Waals surface area (Å²) in [6.07, 6.45) is 0.404. The summed E-state index contributed by atoms with van der Waals surface area (Å²) in [5.41, 5.74) is 1.05. The van der Waals surface area contributed by atoms with Gasteiger partial charge < -0.3 is 15.4 Å². The first kappa shape index (κ1) is 17.5. The van der Waals surface area contributed by atoms with Gasteiger partial charge in [0.15, 0.2) is 6.61 Å². The number of halogens is 1. The minimum atomic E-state index is -0.316. The highest BCUT2D eigenvalue weighted by atomic mass is 19.1. The van der Waals surface area contributed by atoms with Gasteiger partial charge in [0.2, 0.25) is 5.91 Å². The van der Waals surface area contributed by atoms with Crippen LogP contribution in [-0.2, 0) is 16.0 Å². The van der Waals surface area contributed by atoms with Gasteiger partial charge in [-0.2, -0.15) is 0 Å². The van der Waals surface area contributed by atoms with Crippen LogP contribution in [0.1, 0.15) is 12.5 Å². The molecule has 2 aromatic carbocycles. The van der Waals surface area contributed by atoms with Gasteiger partial charge in [0, 0.05) is 13.5 Å². The SMILES string of the molecule is CC(=O)Nc1ccccc1OCC(=O)NCCc1ccccc1F. The Balaban J connectivity index is 1.79. The third kappa shape index (κ3) is 5.39. The summed E-state index contributed by atoms with van der Waals surface area (Å²) in [7, 11) is 0. The van der Waals surface area contributed by atoms with Gasteiger partial charge in [-0.1, -0.05) is 30.3 Å². The Morgan fingerprint density at radius 3 is 2.54 bits per heavy atom. The van der Waals surface area contributed by atoms with Crippen LogP contribution >= 0.6 is 0 Å². The van der Waals surface area contributed by atoms with E-state index in [0.717, 1.165) is 0 Å². The first-order valence-electron chi connectivity index (χ1n) is 7.56. The number of amides is 2. The maximum atomic E-state index is 13.5. The Kier molecular flexibility index (Phi) is 6.31. The van der Waals surface area contributed by atoms with E-state index >= 15 is 0 Å². The summed E-state index contributed by atoms with van der Waals surface area (Å²) >= 11 is 0. The Hall–Kier alpha value is -2.89.